The molecule has 1 unspecified atom stereocenters. The molecular weight excluding hydrogens is 355 g/mol. The number of ether oxygens (including phenoxy) is 1. The minimum Gasteiger partial charge on any atom is -0.496 e. The zero-order valence-electron chi connectivity index (χ0n) is 16.8. The second-order valence-electron chi connectivity index (χ2n) is 7.30. The van der Waals surface area contributed by atoms with Crippen LogP contribution in [-0.2, 0) is 4.79 Å². The van der Waals surface area contributed by atoms with E-state index in [9.17, 15) is 9.18 Å². The Balaban J connectivity index is 1.54. The molecule has 5 heteroatoms. The summed E-state index contributed by atoms with van der Waals surface area (Å²) >= 11 is 0. The first-order valence-corrected chi connectivity index (χ1v) is 9.52. The van der Waals surface area contributed by atoms with Gasteiger partial charge in [0.15, 0.2) is 0 Å². The van der Waals surface area contributed by atoms with Gasteiger partial charge < -0.3 is 10.1 Å². The second-order valence-corrected chi connectivity index (χ2v) is 7.30. The third-order valence-electron chi connectivity index (χ3n) is 5.57. The lowest BCUT2D eigenvalue weighted by molar-refractivity contribution is -0.118. The zero-order chi connectivity index (χ0) is 20.3. The molecule has 1 atom stereocenters. The highest BCUT2D eigenvalue weighted by Gasteiger charge is 2.32. The second kappa shape index (κ2) is 8.57. The van der Waals surface area contributed by atoms with Gasteiger partial charge in [0.05, 0.1) is 13.2 Å². The summed E-state index contributed by atoms with van der Waals surface area (Å²) in [7, 11) is 1.69. The third-order valence-corrected chi connectivity index (χ3v) is 5.57. The van der Waals surface area contributed by atoms with Crippen molar-refractivity contribution < 1.29 is 13.9 Å². The number of carbonyl (C=O) groups is 1. The van der Waals surface area contributed by atoms with Gasteiger partial charge in [0.2, 0.25) is 5.91 Å². The average molecular weight is 382 g/mol. The molecule has 148 valence electrons. The number of methoxy groups -OCH3 is 1. The van der Waals surface area contributed by atoms with Gasteiger partial charge in [-0.3, -0.25) is 9.69 Å². The van der Waals surface area contributed by atoms with E-state index in [2.05, 4.69) is 37.1 Å². The molecule has 1 aliphatic heterocycles. The SMILES string of the molecule is COc1ccc(C(C)N2CC(NC(=O)/C=C/c3ccccc3F)C2)c(C)c1C. The van der Waals surface area contributed by atoms with Crippen LogP contribution in [-0.4, -0.2) is 37.0 Å². The van der Waals surface area contributed by atoms with Crippen LogP contribution in [0.3, 0.4) is 0 Å². The first-order chi connectivity index (χ1) is 13.4. The van der Waals surface area contributed by atoms with Crippen LogP contribution in [0.4, 0.5) is 4.39 Å². The molecule has 28 heavy (non-hydrogen) atoms. The summed E-state index contributed by atoms with van der Waals surface area (Å²) in [4.78, 5) is 14.4. The van der Waals surface area contributed by atoms with Crippen LogP contribution in [0.25, 0.3) is 6.08 Å². The topological polar surface area (TPSA) is 41.6 Å². The zero-order valence-corrected chi connectivity index (χ0v) is 16.8. The summed E-state index contributed by atoms with van der Waals surface area (Å²) in [5.74, 6) is 0.376. The average Bonchev–Trinajstić information content (AvgIpc) is 2.65. The molecule has 0 bridgehead atoms. The van der Waals surface area contributed by atoms with Crippen molar-refractivity contribution in [3.63, 3.8) is 0 Å². The molecule has 3 rings (SSSR count). The van der Waals surface area contributed by atoms with E-state index in [0.717, 1.165) is 24.4 Å². The fourth-order valence-electron chi connectivity index (χ4n) is 3.63. The van der Waals surface area contributed by atoms with Crippen molar-refractivity contribution in [3.05, 3.63) is 70.5 Å². The number of likely N-dealkylation sites (tertiary alicyclic amines) is 1. The summed E-state index contributed by atoms with van der Waals surface area (Å²) in [6, 6.07) is 10.9. The molecule has 2 aromatic carbocycles. The molecule has 1 heterocycles. The Morgan fingerprint density at radius 3 is 2.61 bits per heavy atom. The van der Waals surface area contributed by atoms with Gasteiger partial charge in [-0.15, -0.1) is 0 Å². The fraction of sp³-hybridized carbons (Fsp3) is 0.348. The number of nitrogens with one attached hydrogen (secondary N) is 1. The van der Waals surface area contributed by atoms with E-state index in [0.29, 0.717) is 5.56 Å². The number of hydrogen-bond donors (Lipinski definition) is 1. The molecule has 0 radical (unpaired) electrons. The Morgan fingerprint density at radius 1 is 1.21 bits per heavy atom. The highest BCUT2D eigenvalue weighted by Crippen LogP contribution is 2.32. The minimum absolute atomic E-state index is 0.111. The summed E-state index contributed by atoms with van der Waals surface area (Å²) in [6.07, 6.45) is 2.90. The maximum Gasteiger partial charge on any atom is 0.244 e. The van der Waals surface area contributed by atoms with Crippen LogP contribution in [0.1, 0.15) is 35.2 Å². The van der Waals surface area contributed by atoms with Gasteiger partial charge in [0.25, 0.3) is 0 Å². The molecule has 1 aliphatic rings. The number of carbonyl (C=O) groups excluding carboxylic acids is 1. The number of nitrogens with zero attached hydrogens (tertiary/aromatic N) is 1. The van der Waals surface area contributed by atoms with Gasteiger partial charge in [-0.1, -0.05) is 24.3 Å². The van der Waals surface area contributed by atoms with Crippen LogP contribution in [0.15, 0.2) is 42.5 Å². The summed E-state index contributed by atoms with van der Waals surface area (Å²) in [6.45, 7) is 7.97. The van der Waals surface area contributed by atoms with Gasteiger partial charge >= 0.3 is 0 Å². The van der Waals surface area contributed by atoms with E-state index in [1.54, 1.807) is 25.3 Å². The van der Waals surface area contributed by atoms with Gasteiger partial charge in [-0.2, -0.15) is 0 Å². The minimum atomic E-state index is -0.333. The Kier molecular flexibility index (Phi) is 6.15. The number of benzene rings is 2. The first-order valence-electron chi connectivity index (χ1n) is 9.52. The van der Waals surface area contributed by atoms with Crippen LogP contribution in [0, 0.1) is 19.7 Å². The molecule has 2 aromatic rings. The van der Waals surface area contributed by atoms with E-state index in [1.807, 2.05) is 6.07 Å². The predicted octanol–water partition coefficient (Wildman–Crippen LogP) is 4.03. The van der Waals surface area contributed by atoms with Crippen molar-refractivity contribution in [2.75, 3.05) is 20.2 Å². The van der Waals surface area contributed by atoms with E-state index >= 15 is 0 Å². The number of rotatable bonds is 6. The van der Waals surface area contributed by atoms with Gasteiger partial charge in [-0.05, 0) is 55.7 Å². The molecule has 0 aliphatic carbocycles. The number of hydrogen-bond acceptors (Lipinski definition) is 3. The van der Waals surface area contributed by atoms with Gasteiger partial charge in [0, 0.05) is 30.8 Å². The highest BCUT2D eigenvalue weighted by molar-refractivity contribution is 5.92. The van der Waals surface area contributed by atoms with Crippen molar-refractivity contribution >= 4 is 12.0 Å². The maximum atomic E-state index is 13.6. The lowest BCUT2D eigenvalue weighted by Crippen LogP contribution is -2.59. The van der Waals surface area contributed by atoms with Crippen LogP contribution in [0.5, 0.6) is 5.75 Å². The van der Waals surface area contributed by atoms with Gasteiger partial charge in [0.1, 0.15) is 11.6 Å². The molecule has 0 saturated carbocycles. The van der Waals surface area contributed by atoms with Crippen molar-refractivity contribution in [2.24, 2.45) is 0 Å². The van der Waals surface area contributed by atoms with E-state index in [1.165, 1.54) is 29.3 Å². The Morgan fingerprint density at radius 2 is 1.93 bits per heavy atom. The van der Waals surface area contributed by atoms with Gasteiger partial charge in [-0.25, -0.2) is 4.39 Å². The Hall–Kier alpha value is -2.66. The van der Waals surface area contributed by atoms with Crippen LogP contribution in [0.2, 0.25) is 0 Å². The smallest absolute Gasteiger partial charge is 0.244 e. The number of amides is 1. The maximum absolute atomic E-state index is 13.6. The van der Waals surface area contributed by atoms with Crippen LogP contribution < -0.4 is 10.1 Å². The molecule has 1 fully saturated rings. The van der Waals surface area contributed by atoms with Crippen LogP contribution >= 0.6 is 0 Å². The van der Waals surface area contributed by atoms with Crippen molar-refractivity contribution in [2.45, 2.75) is 32.9 Å². The van der Waals surface area contributed by atoms with Crippen molar-refractivity contribution in [1.29, 1.82) is 0 Å². The lowest BCUT2D eigenvalue weighted by atomic mass is 9.94. The molecule has 1 amide bonds. The summed E-state index contributed by atoms with van der Waals surface area (Å²) < 4.78 is 19.0. The fourth-order valence-corrected chi connectivity index (χ4v) is 3.63. The van der Waals surface area contributed by atoms with Crippen molar-refractivity contribution in [1.82, 2.24) is 10.2 Å². The molecule has 1 saturated heterocycles. The van der Waals surface area contributed by atoms with E-state index in [4.69, 9.17) is 4.74 Å². The standard InChI is InChI=1S/C23H27FN2O2/c1-15-16(2)22(28-4)11-10-20(15)17(3)26-13-19(14-26)25-23(27)12-9-18-7-5-6-8-21(18)24/h5-12,17,19H,13-14H2,1-4H3,(H,25,27)/b12-9+. The quantitative estimate of drug-likeness (QED) is 0.767. The largest absolute Gasteiger partial charge is 0.496 e. The normalized spacial score (nSPS) is 16.0. The van der Waals surface area contributed by atoms with E-state index in [-0.39, 0.29) is 23.8 Å². The Labute approximate surface area is 166 Å². The molecule has 0 aromatic heterocycles. The molecule has 1 N–H and O–H groups in total. The monoisotopic (exact) mass is 382 g/mol. The molecule has 4 nitrogen and oxygen atoms in total. The van der Waals surface area contributed by atoms with Crippen molar-refractivity contribution in [3.8, 4) is 5.75 Å². The summed E-state index contributed by atoms with van der Waals surface area (Å²) in [5.41, 5.74) is 4.09. The highest BCUT2D eigenvalue weighted by atomic mass is 19.1. The van der Waals surface area contributed by atoms with E-state index < -0.39 is 0 Å². The molecule has 0 spiro atoms. The predicted molar refractivity (Wildman–Crippen MR) is 110 cm³/mol. The summed E-state index contributed by atoms with van der Waals surface area (Å²) in [5, 5.41) is 2.98. The molecular formula is C23H27FN2O2. The number of halogens is 1. The Bertz CT molecular complexity index is 888. The third kappa shape index (κ3) is 4.25. The lowest BCUT2D eigenvalue weighted by Gasteiger charge is -2.43. The first kappa shape index (κ1) is 20.1.